The molecule has 2 aromatic rings. The van der Waals surface area contributed by atoms with E-state index in [4.69, 9.17) is 25.5 Å². The summed E-state index contributed by atoms with van der Waals surface area (Å²) in [5.41, 5.74) is 0.485. The molecule has 138 valence electrons. The summed E-state index contributed by atoms with van der Waals surface area (Å²) in [4.78, 5) is 28.5. The molecule has 1 aliphatic heterocycles. The van der Waals surface area contributed by atoms with Crippen molar-refractivity contribution in [1.29, 1.82) is 0 Å². The van der Waals surface area contributed by atoms with Gasteiger partial charge in [-0.2, -0.15) is 0 Å². The van der Waals surface area contributed by atoms with Gasteiger partial charge in [0.2, 0.25) is 0 Å². The molecule has 0 saturated carbocycles. The van der Waals surface area contributed by atoms with Gasteiger partial charge in [0.25, 0.3) is 11.8 Å². The van der Waals surface area contributed by atoms with Gasteiger partial charge >= 0.3 is 0 Å². The summed E-state index contributed by atoms with van der Waals surface area (Å²) in [5.74, 6) is 0.946. The fraction of sp³-hybridized carbons (Fsp3) is 0.333. The quantitative estimate of drug-likeness (QED) is 0.817. The van der Waals surface area contributed by atoms with Crippen LogP contribution in [-0.2, 0) is 0 Å². The zero-order chi connectivity index (χ0) is 18.7. The molecule has 0 unspecified atom stereocenters. The van der Waals surface area contributed by atoms with Crippen molar-refractivity contribution in [2.24, 2.45) is 0 Å². The predicted octanol–water partition coefficient (Wildman–Crippen LogP) is 2.55. The average Bonchev–Trinajstić information content (AvgIpc) is 3.12. The maximum absolute atomic E-state index is 12.8. The molecule has 2 amide bonds. The molecule has 1 aliphatic rings. The number of furan rings is 1. The Morgan fingerprint density at radius 3 is 1.92 bits per heavy atom. The summed E-state index contributed by atoms with van der Waals surface area (Å²) in [6, 6.07) is 8.14. The van der Waals surface area contributed by atoms with Gasteiger partial charge in [0.15, 0.2) is 11.0 Å². The highest BCUT2D eigenvalue weighted by Gasteiger charge is 2.27. The Hall–Kier alpha value is -2.67. The molecule has 1 aromatic heterocycles. The van der Waals surface area contributed by atoms with Gasteiger partial charge in [0.05, 0.1) is 14.2 Å². The van der Waals surface area contributed by atoms with Crippen LogP contribution in [0.3, 0.4) is 0 Å². The minimum absolute atomic E-state index is 0.129. The van der Waals surface area contributed by atoms with Crippen LogP contribution in [0.4, 0.5) is 0 Å². The Bertz CT molecular complexity index is 789. The van der Waals surface area contributed by atoms with E-state index < -0.39 is 0 Å². The molecular formula is C18H19ClN2O5. The van der Waals surface area contributed by atoms with E-state index in [1.54, 1.807) is 34.1 Å². The summed E-state index contributed by atoms with van der Waals surface area (Å²) in [7, 11) is 3.07. The standard InChI is InChI=1S/C18H19ClN2O5/c1-24-13-9-12(10-14(11-13)25-2)17(22)20-5-7-21(8-6-20)18(23)15-3-4-16(19)26-15/h3-4,9-11H,5-8H2,1-2H3. The number of carbonyl (C=O) groups excluding carboxylic acids is 2. The predicted molar refractivity (Wildman–Crippen MR) is 95.1 cm³/mol. The maximum Gasteiger partial charge on any atom is 0.289 e. The van der Waals surface area contributed by atoms with Crippen molar-refractivity contribution < 1.29 is 23.5 Å². The van der Waals surface area contributed by atoms with Crippen molar-refractivity contribution in [2.75, 3.05) is 40.4 Å². The number of amides is 2. The lowest BCUT2D eigenvalue weighted by Gasteiger charge is -2.34. The van der Waals surface area contributed by atoms with Crippen molar-refractivity contribution in [3.63, 3.8) is 0 Å². The molecule has 0 bridgehead atoms. The van der Waals surface area contributed by atoms with Gasteiger partial charge in [-0.3, -0.25) is 9.59 Å². The van der Waals surface area contributed by atoms with E-state index in [0.29, 0.717) is 43.2 Å². The van der Waals surface area contributed by atoms with Gasteiger partial charge < -0.3 is 23.7 Å². The largest absolute Gasteiger partial charge is 0.497 e. The molecule has 0 aliphatic carbocycles. The first-order valence-corrected chi connectivity index (χ1v) is 8.46. The Balaban J connectivity index is 1.66. The van der Waals surface area contributed by atoms with Crippen LogP contribution in [0.2, 0.25) is 5.22 Å². The van der Waals surface area contributed by atoms with Crippen molar-refractivity contribution >= 4 is 23.4 Å². The van der Waals surface area contributed by atoms with Gasteiger partial charge in [-0.1, -0.05) is 0 Å². The van der Waals surface area contributed by atoms with Crippen LogP contribution in [0.25, 0.3) is 0 Å². The lowest BCUT2D eigenvalue weighted by Crippen LogP contribution is -2.50. The Kier molecular flexibility index (Phi) is 5.37. The smallest absolute Gasteiger partial charge is 0.289 e. The van der Waals surface area contributed by atoms with Crippen LogP contribution in [0.5, 0.6) is 11.5 Å². The third-order valence-electron chi connectivity index (χ3n) is 4.24. The van der Waals surface area contributed by atoms with Crippen molar-refractivity contribution in [2.45, 2.75) is 0 Å². The molecule has 1 fully saturated rings. The molecule has 0 radical (unpaired) electrons. The fourth-order valence-electron chi connectivity index (χ4n) is 2.81. The molecule has 0 N–H and O–H groups in total. The summed E-state index contributed by atoms with van der Waals surface area (Å²) in [5, 5.41) is 0.175. The van der Waals surface area contributed by atoms with Gasteiger partial charge in [-0.15, -0.1) is 0 Å². The highest BCUT2D eigenvalue weighted by Crippen LogP contribution is 2.24. The van der Waals surface area contributed by atoms with E-state index in [2.05, 4.69) is 0 Å². The van der Waals surface area contributed by atoms with Crippen LogP contribution in [0.15, 0.2) is 34.7 Å². The SMILES string of the molecule is COc1cc(OC)cc(C(=O)N2CCN(C(=O)c3ccc(Cl)o3)CC2)c1. The number of hydrogen-bond acceptors (Lipinski definition) is 5. The van der Waals surface area contributed by atoms with Crippen molar-refractivity contribution in [3.8, 4) is 11.5 Å². The van der Waals surface area contributed by atoms with E-state index in [1.165, 1.54) is 20.3 Å². The first-order chi connectivity index (χ1) is 12.5. The lowest BCUT2D eigenvalue weighted by molar-refractivity contribution is 0.0518. The van der Waals surface area contributed by atoms with E-state index in [-0.39, 0.29) is 22.8 Å². The molecule has 3 rings (SSSR count). The topological polar surface area (TPSA) is 72.2 Å². The molecule has 7 nitrogen and oxygen atoms in total. The van der Waals surface area contributed by atoms with Gasteiger partial charge in [0.1, 0.15) is 11.5 Å². The maximum atomic E-state index is 12.8. The van der Waals surface area contributed by atoms with E-state index in [1.807, 2.05) is 0 Å². The van der Waals surface area contributed by atoms with Crippen molar-refractivity contribution in [3.05, 3.63) is 46.9 Å². The van der Waals surface area contributed by atoms with Gasteiger partial charge in [-0.25, -0.2) is 0 Å². The summed E-state index contributed by atoms with van der Waals surface area (Å²) >= 11 is 5.71. The second-order valence-electron chi connectivity index (χ2n) is 5.79. The second kappa shape index (κ2) is 7.70. The first-order valence-electron chi connectivity index (χ1n) is 8.09. The van der Waals surface area contributed by atoms with Gasteiger partial charge in [-0.05, 0) is 35.9 Å². The van der Waals surface area contributed by atoms with Crippen LogP contribution in [0, 0.1) is 0 Å². The summed E-state index contributed by atoms with van der Waals surface area (Å²) < 4.78 is 15.6. The Morgan fingerprint density at radius 1 is 0.923 bits per heavy atom. The van der Waals surface area contributed by atoms with E-state index in [0.717, 1.165) is 0 Å². The minimum atomic E-state index is -0.230. The van der Waals surface area contributed by atoms with Crippen LogP contribution in [-0.4, -0.2) is 62.0 Å². The number of carbonyl (C=O) groups is 2. The second-order valence-corrected chi connectivity index (χ2v) is 6.16. The summed E-state index contributed by atoms with van der Waals surface area (Å²) in [6.07, 6.45) is 0. The number of benzene rings is 1. The zero-order valence-corrected chi connectivity index (χ0v) is 15.3. The normalized spacial score (nSPS) is 14.3. The van der Waals surface area contributed by atoms with E-state index >= 15 is 0 Å². The van der Waals surface area contributed by atoms with E-state index in [9.17, 15) is 9.59 Å². The number of halogens is 1. The lowest BCUT2D eigenvalue weighted by atomic mass is 10.1. The number of rotatable bonds is 4. The Labute approximate surface area is 156 Å². The molecular weight excluding hydrogens is 360 g/mol. The molecule has 0 atom stereocenters. The number of nitrogens with zero attached hydrogens (tertiary/aromatic N) is 2. The van der Waals surface area contributed by atoms with Crippen LogP contribution in [0.1, 0.15) is 20.9 Å². The first kappa shape index (κ1) is 18.1. The minimum Gasteiger partial charge on any atom is -0.497 e. The molecule has 8 heteroatoms. The average molecular weight is 379 g/mol. The third kappa shape index (κ3) is 3.77. The molecule has 1 saturated heterocycles. The number of ether oxygens (including phenoxy) is 2. The third-order valence-corrected chi connectivity index (χ3v) is 4.44. The van der Waals surface area contributed by atoms with Crippen LogP contribution >= 0.6 is 11.6 Å². The zero-order valence-electron chi connectivity index (χ0n) is 14.5. The molecule has 2 heterocycles. The van der Waals surface area contributed by atoms with Gasteiger partial charge in [0, 0.05) is 37.8 Å². The Morgan fingerprint density at radius 2 is 1.46 bits per heavy atom. The highest BCUT2D eigenvalue weighted by molar-refractivity contribution is 6.29. The monoisotopic (exact) mass is 378 g/mol. The summed E-state index contributed by atoms with van der Waals surface area (Å²) in [6.45, 7) is 1.70. The fourth-order valence-corrected chi connectivity index (χ4v) is 2.96. The van der Waals surface area contributed by atoms with Crippen molar-refractivity contribution in [1.82, 2.24) is 9.80 Å². The highest BCUT2D eigenvalue weighted by atomic mass is 35.5. The van der Waals surface area contributed by atoms with Crippen LogP contribution < -0.4 is 9.47 Å². The number of piperazine rings is 1. The molecule has 1 aromatic carbocycles. The number of methoxy groups -OCH3 is 2. The number of hydrogen-bond donors (Lipinski definition) is 0. The molecule has 26 heavy (non-hydrogen) atoms. The molecule has 0 spiro atoms.